The number of hydrogen-bond donors (Lipinski definition) is 0. The van der Waals surface area contributed by atoms with Crippen molar-refractivity contribution in [2.45, 2.75) is 19.3 Å². The molecule has 2 rings (SSSR count). The van der Waals surface area contributed by atoms with Gasteiger partial charge in [0.15, 0.2) is 0 Å². The van der Waals surface area contributed by atoms with Crippen LogP contribution in [-0.4, -0.2) is 35.7 Å². The highest BCUT2D eigenvalue weighted by Crippen LogP contribution is 2.20. The Bertz CT molecular complexity index is 455. The summed E-state index contributed by atoms with van der Waals surface area (Å²) in [6.45, 7) is 1.58. The molecule has 0 spiro atoms. The van der Waals surface area contributed by atoms with E-state index in [-0.39, 0.29) is 17.1 Å². The molecule has 1 aromatic carbocycles. The summed E-state index contributed by atoms with van der Waals surface area (Å²) in [7, 11) is 0. The number of hydrogen-bond acceptors (Lipinski definition) is 3. The van der Waals surface area contributed by atoms with Gasteiger partial charge in [-0.3, -0.25) is 9.59 Å². The number of carbonyl (C=O) groups is 2. The normalized spacial score (nSPS) is 15.9. The van der Waals surface area contributed by atoms with Gasteiger partial charge in [0.1, 0.15) is 5.75 Å². The standard InChI is InChI=1S/C15H18ClNO3/c16-15(19)12-6-9-17(10-7-12)14(18)8-11-20-13-4-2-1-3-5-13/h1-5,12H,6-11H2. The zero-order valence-electron chi connectivity index (χ0n) is 11.3. The molecule has 1 heterocycles. The van der Waals surface area contributed by atoms with Gasteiger partial charge < -0.3 is 9.64 Å². The molecular formula is C15H18ClNO3. The predicted molar refractivity (Wildman–Crippen MR) is 76.7 cm³/mol. The summed E-state index contributed by atoms with van der Waals surface area (Å²) in [5.74, 6) is 0.745. The second-order valence-electron chi connectivity index (χ2n) is 4.87. The Balaban J connectivity index is 1.69. The smallest absolute Gasteiger partial charge is 0.225 e. The summed E-state index contributed by atoms with van der Waals surface area (Å²) in [4.78, 5) is 24.8. The molecule has 0 aliphatic carbocycles. The monoisotopic (exact) mass is 295 g/mol. The minimum Gasteiger partial charge on any atom is -0.493 e. The lowest BCUT2D eigenvalue weighted by molar-refractivity contribution is -0.134. The summed E-state index contributed by atoms with van der Waals surface area (Å²) in [6, 6.07) is 9.43. The fraction of sp³-hybridized carbons (Fsp3) is 0.467. The first-order valence-electron chi connectivity index (χ1n) is 6.82. The highest BCUT2D eigenvalue weighted by Gasteiger charge is 2.25. The van der Waals surface area contributed by atoms with Crippen molar-refractivity contribution in [2.24, 2.45) is 5.92 Å². The lowest BCUT2D eigenvalue weighted by Crippen LogP contribution is -2.40. The molecule has 0 atom stereocenters. The van der Waals surface area contributed by atoms with Crippen molar-refractivity contribution in [3.63, 3.8) is 0 Å². The maximum Gasteiger partial charge on any atom is 0.225 e. The summed E-state index contributed by atoms with van der Waals surface area (Å²) >= 11 is 5.47. The third-order valence-corrected chi connectivity index (χ3v) is 3.81. The molecule has 20 heavy (non-hydrogen) atoms. The molecule has 4 nitrogen and oxygen atoms in total. The van der Waals surface area contributed by atoms with Gasteiger partial charge in [-0.15, -0.1) is 0 Å². The van der Waals surface area contributed by atoms with E-state index in [1.807, 2.05) is 30.3 Å². The molecule has 1 amide bonds. The number of ether oxygens (including phenoxy) is 1. The quantitative estimate of drug-likeness (QED) is 0.784. The first kappa shape index (κ1) is 14.9. The van der Waals surface area contributed by atoms with Gasteiger partial charge in [0.2, 0.25) is 11.1 Å². The van der Waals surface area contributed by atoms with Crippen LogP contribution in [0, 0.1) is 5.92 Å². The van der Waals surface area contributed by atoms with E-state index >= 15 is 0 Å². The van der Waals surface area contributed by atoms with Crippen LogP contribution in [-0.2, 0) is 9.59 Å². The number of piperidine rings is 1. The number of carbonyl (C=O) groups excluding carboxylic acids is 2. The zero-order chi connectivity index (χ0) is 14.4. The summed E-state index contributed by atoms with van der Waals surface area (Å²) < 4.78 is 5.50. The maximum atomic E-state index is 12.0. The first-order valence-corrected chi connectivity index (χ1v) is 7.19. The third-order valence-electron chi connectivity index (χ3n) is 3.50. The van der Waals surface area contributed by atoms with Crippen LogP contribution < -0.4 is 4.74 Å². The number of halogens is 1. The van der Waals surface area contributed by atoms with E-state index in [9.17, 15) is 9.59 Å². The molecule has 0 N–H and O–H groups in total. The van der Waals surface area contributed by atoms with E-state index in [1.54, 1.807) is 4.90 Å². The average molecular weight is 296 g/mol. The van der Waals surface area contributed by atoms with Crippen molar-refractivity contribution < 1.29 is 14.3 Å². The largest absolute Gasteiger partial charge is 0.493 e. The summed E-state index contributed by atoms with van der Waals surface area (Å²) in [5, 5.41) is -0.287. The number of likely N-dealkylation sites (tertiary alicyclic amines) is 1. The number of benzene rings is 1. The van der Waals surface area contributed by atoms with Gasteiger partial charge in [-0.25, -0.2) is 0 Å². The number of nitrogens with zero attached hydrogens (tertiary/aromatic N) is 1. The van der Waals surface area contributed by atoms with Gasteiger partial charge in [0.25, 0.3) is 0 Å². The van der Waals surface area contributed by atoms with E-state index in [0.29, 0.717) is 39.0 Å². The van der Waals surface area contributed by atoms with E-state index in [1.165, 1.54) is 0 Å². The van der Waals surface area contributed by atoms with Crippen molar-refractivity contribution in [1.29, 1.82) is 0 Å². The second kappa shape index (κ2) is 7.29. The van der Waals surface area contributed by atoms with Crippen LogP contribution in [0.2, 0.25) is 0 Å². The number of amides is 1. The van der Waals surface area contributed by atoms with Crippen LogP contribution in [0.15, 0.2) is 30.3 Å². The van der Waals surface area contributed by atoms with E-state index in [0.717, 1.165) is 5.75 Å². The summed E-state index contributed by atoms with van der Waals surface area (Å²) in [5.41, 5.74) is 0. The number of para-hydroxylation sites is 1. The average Bonchev–Trinajstić information content (AvgIpc) is 2.48. The Morgan fingerprint density at radius 2 is 1.85 bits per heavy atom. The van der Waals surface area contributed by atoms with Crippen molar-refractivity contribution in [1.82, 2.24) is 4.90 Å². The number of rotatable bonds is 5. The van der Waals surface area contributed by atoms with Gasteiger partial charge in [-0.1, -0.05) is 18.2 Å². The van der Waals surface area contributed by atoms with Crippen molar-refractivity contribution >= 4 is 22.8 Å². The molecule has 1 saturated heterocycles. The minimum absolute atomic E-state index is 0.0707. The molecule has 0 aromatic heterocycles. The maximum absolute atomic E-state index is 12.0. The molecule has 0 bridgehead atoms. The molecule has 108 valence electrons. The van der Waals surface area contributed by atoms with Crippen molar-refractivity contribution in [2.75, 3.05) is 19.7 Å². The Hall–Kier alpha value is -1.55. The van der Waals surface area contributed by atoms with Crippen LogP contribution in [0.3, 0.4) is 0 Å². The Morgan fingerprint density at radius 3 is 2.45 bits per heavy atom. The zero-order valence-corrected chi connectivity index (χ0v) is 12.0. The van der Waals surface area contributed by atoms with Gasteiger partial charge >= 0.3 is 0 Å². The van der Waals surface area contributed by atoms with Gasteiger partial charge in [-0.2, -0.15) is 0 Å². The van der Waals surface area contributed by atoms with Crippen LogP contribution >= 0.6 is 11.6 Å². The molecule has 1 fully saturated rings. The van der Waals surface area contributed by atoms with E-state index in [4.69, 9.17) is 16.3 Å². The fourth-order valence-corrected chi connectivity index (χ4v) is 2.51. The van der Waals surface area contributed by atoms with Gasteiger partial charge in [0.05, 0.1) is 13.0 Å². The fourth-order valence-electron chi connectivity index (χ4n) is 2.29. The highest BCUT2D eigenvalue weighted by atomic mass is 35.5. The SMILES string of the molecule is O=C(Cl)C1CCN(C(=O)CCOc2ccccc2)CC1. The molecular weight excluding hydrogens is 278 g/mol. The molecule has 1 aromatic rings. The van der Waals surface area contributed by atoms with Crippen molar-refractivity contribution in [3.8, 4) is 5.75 Å². The molecule has 0 radical (unpaired) electrons. The first-order chi connectivity index (χ1) is 9.66. The van der Waals surface area contributed by atoms with Crippen LogP contribution in [0.5, 0.6) is 5.75 Å². The molecule has 0 unspecified atom stereocenters. The molecule has 1 aliphatic heterocycles. The third kappa shape index (κ3) is 4.23. The molecule has 5 heteroatoms. The minimum atomic E-state index is -0.287. The summed E-state index contributed by atoms with van der Waals surface area (Å²) in [6.07, 6.45) is 1.68. The van der Waals surface area contributed by atoms with Gasteiger partial charge in [-0.05, 0) is 36.6 Å². The predicted octanol–water partition coefficient (Wildman–Crippen LogP) is 2.46. The Labute approximate surface area is 123 Å². The molecule has 0 saturated carbocycles. The van der Waals surface area contributed by atoms with Crippen LogP contribution in [0.25, 0.3) is 0 Å². The van der Waals surface area contributed by atoms with Gasteiger partial charge in [0, 0.05) is 19.0 Å². The molecule has 1 aliphatic rings. The van der Waals surface area contributed by atoms with E-state index in [2.05, 4.69) is 0 Å². The van der Waals surface area contributed by atoms with Crippen LogP contribution in [0.4, 0.5) is 0 Å². The van der Waals surface area contributed by atoms with E-state index < -0.39 is 0 Å². The second-order valence-corrected chi connectivity index (χ2v) is 5.24. The lowest BCUT2D eigenvalue weighted by Gasteiger charge is -2.30. The Morgan fingerprint density at radius 1 is 1.20 bits per heavy atom. The highest BCUT2D eigenvalue weighted by molar-refractivity contribution is 6.63. The lowest BCUT2D eigenvalue weighted by atomic mass is 9.98. The Kier molecular flexibility index (Phi) is 5.41. The van der Waals surface area contributed by atoms with Crippen LogP contribution in [0.1, 0.15) is 19.3 Å². The van der Waals surface area contributed by atoms with Crippen molar-refractivity contribution in [3.05, 3.63) is 30.3 Å². The topological polar surface area (TPSA) is 46.6 Å².